The van der Waals surface area contributed by atoms with Crippen molar-refractivity contribution in [2.24, 2.45) is 0 Å². The summed E-state index contributed by atoms with van der Waals surface area (Å²) in [6.45, 7) is 6.53. The van der Waals surface area contributed by atoms with Gasteiger partial charge < -0.3 is 9.16 Å². The number of hydrogen-bond donors (Lipinski definition) is 0. The van der Waals surface area contributed by atoms with Crippen LogP contribution < -0.4 is 0 Å². The molecule has 0 aliphatic rings. The first-order chi connectivity index (χ1) is 4.68. The molecule has 3 nitrogen and oxygen atoms in total. The van der Waals surface area contributed by atoms with E-state index >= 15 is 0 Å². The van der Waals surface area contributed by atoms with Crippen molar-refractivity contribution in [3.05, 3.63) is 0 Å². The van der Waals surface area contributed by atoms with E-state index in [2.05, 4.69) is 9.16 Å². The molecule has 0 fully saturated rings. The lowest BCUT2D eigenvalue weighted by atomic mass is 10.8. The third kappa shape index (κ3) is 25.4. The predicted octanol–water partition coefficient (Wildman–Crippen LogP) is -0.127. The molecule has 0 atom stereocenters. The second-order valence-electron chi connectivity index (χ2n) is 1.50. The summed E-state index contributed by atoms with van der Waals surface area (Å²) in [5.74, 6) is -0.211. The highest BCUT2D eigenvalue weighted by molar-refractivity contribution is 5.97. The Labute approximate surface area is 65.3 Å². The lowest BCUT2D eigenvalue weighted by molar-refractivity contribution is -0.140. The molecule has 0 aliphatic carbocycles. The smallest absolute Gasteiger partial charge is 0.302 e. The van der Waals surface area contributed by atoms with Gasteiger partial charge >= 0.3 is 5.97 Å². The van der Waals surface area contributed by atoms with Crippen LogP contribution in [0.25, 0.3) is 0 Å². The minimum Gasteiger partial charge on any atom is -0.466 e. The zero-order valence-corrected chi connectivity index (χ0v) is 9.14. The van der Waals surface area contributed by atoms with Crippen LogP contribution in [0.3, 0.4) is 0 Å². The first kappa shape index (κ1) is 12.3. The Morgan fingerprint density at radius 3 is 1.80 bits per heavy atom. The van der Waals surface area contributed by atoms with Gasteiger partial charge in [-0.2, -0.15) is 0 Å². The van der Waals surface area contributed by atoms with E-state index in [1.165, 1.54) is 6.92 Å². The molecule has 0 unspecified atom stereocenters. The highest BCUT2D eigenvalue weighted by Gasteiger charge is 1.81. The van der Waals surface area contributed by atoms with Crippen LogP contribution in [0.1, 0.15) is 20.8 Å². The Hall–Kier alpha value is -0.353. The van der Waals surface area contributed by atoms with Gasteiger partial charge in [0, 0.05) is 13.5 Å². The molecule has 0 aromatic carbocycles. The van der Waals surface area contributed by atoms with Crippen molar-refractivity contribution >= 4 is 16.5 Å². The van der Waals surface area contributed by atoms with Crippen LogP contribution in [0.4, 0.5) is 0 Å². The van der Waals surface area contributed by atoms with E-state index in [0.29, 0.717) is 6.61 Å². The molecule has 4 heteroatoms. The number of ether oxygens (including phenoxy) is 1. The van der Waals surface area contributed by atoms with Gasteiger partial charge in [0.25, 0.3) is 0 Å². The molecule has 0 rings (SSSR count). The van der Waals surface area contributed by atoms with Crippen LogP contribution in [-0.4, -0.2) is 29.7 Å². The van der Waals surface area contributed by atoms with Crippen molar-refractivity contribution in [1.82, 2.24) is 0 Å². The molecule has 0 N–H and O–H groups in total. The lowest BCUT2D eigenvalue weighted by Gasteiger charge is -1.89. The van der Waals surface area contributed by atoms with Crippen molar-refractivity contribution < 1.29 is 14.0 Å². The molecule has 0 saturated heterocycles. The number of esters is 1. The zero-order chi connectivity index (χ0) is 8.41. The molecular formula is C6H16O3Si. The Morgan fingerprint density at radius 1 is 1.40 bits per heavy atom. The summed E-state index contributed by atoms with van der Waals surface area (Å²) in [7, 11) is 0.890. The Balaban J connectivity index is 0. The highest BCUT2D eigenvalue weighted by atomic mass is 28.2. The van der Waals surface area contributed by atoms with Crippen LogP contribution in [0.5, 0.6) is 0 Å². The van der Waals surface area contributed by atoms with Crippen molar-refractivity contribution in [2.45, 2.75) is 20.8 Å². The van der Waals surface area contributed by atoms with Gasteiger partial charge in [-0.05, 0) is 13.8 Å². The molecule has 0 saturated carbocycles. The Kier molecular flexibility index (Phi) is 14.1. The molecule has 10 heavy (non-hydrogen) atoms. The normalized spacial score (nSPS) is 7.90. The second kappa shape index (κ2) is 11.4. The van der Waals surface area contributed by atoms with Crippen LogP contribution in [0, 0.1) is 0 Å². The van der Waals surface area contributed by atoms with Crippen LogP contribution in [-0.2, 0) is 14.0 Å². The fraction of sp³-hybridized carbons (Fsp3) is 0.833. The quantitative estimate of drug-likeness (QED) is 0.421. The van der Waals surface area contributed by atoms with Crippen LogP contribution in [0.15, 0.2) is 0 Å². The largest absolute Gasteiger partial charge is 0.466 e. The fourth-order valence-electron chi connectivity index (χ4n) is 0.203. The number of carbonyl (C=O) groups is 1. The summed E-state index contributed by atoms with van der Waals surface area (Å²) >= 11 is 0. The molecule has 0 amide bonds. The predicted molar refractivity (Wildman–Crippen MR) is 43.9 cm³/mol. The summed E-state index contributed by atoms with van der Waals surface area (Å²) in [5, 5.41) is 0. The van der Waals surface area contributed by atoms with Gasteiger partial charge in [0.15, 0.2) is 0 Å². The number of hydrogen-bond acceptors (Lipinski definition) is 3. The molecular weight excluding hydrogens is 148 g/mol. The van der Waals surface area contributed by atoms with Crippen molar-refractivity contribution in [2.75, 3.05) is 13.2 Å². The Bertz CT molecular complexity index is 73.4. The molecule has 0 aliphatic heterocycles. The minimum absolute atomic E-state index is 0.211. The van der Waals surface area contributed by atoms with E-state index in [0.717, 1.165) is 17.1 Å². The van der Waals surface area contributed by atoms with Crippen molar-refractivity contribution in [1.29, 1.82) is 0 Å². The number of rotatable bonds is 2. The van der Waals surface area contributed by atoms with E-state index in [1.807, 2.05) is 6.92 Å². The van der Waals surface area contributed by atoms with E-state index in [9.17, 15) is 4.79 Å². The van der Waals surface area contributed by atoms with E-state index < -0.39 is 0 Å². The topological polar surface area (TPSA) is 35.5 Å². The maximum atomic E-state index is 9.82. The van der Waals surface area contributed by atoms with Crippen molar-refractivity contribution in [3.63, 3.8) is 0 Å². The molecule has 0 bridgehead atoms. The van der Waals surface area contributed by atoms with Gasteiger partial charge in [-0.1, -0.05) is 0 Å². The second-order valence-corrected chi connectivity index (χ2v) is 2.08. The summed E-state index contributed by atoms with van der Waals surface area (Å²) in [6.07, 6.45) is 0. The van der Waals surface area contributed by atoms with E-state index in [-0.39, 0.29) is 5.97 Å². The van der Waals surface area contributed by atoms with Gasteiger partial charge in [-0.15, -0.1) is 0 Å². The molecule has 0 spiro atoms. The summed E-state index contributed by atoms with van der Waals surface area (Å²) < 4.78 is 9.08. The zero-order valence-electron chi connectivity index (χ0n) is 7.14. The maximum Gasteiger partial charge on any atom is 0.302 e. The highest BCUT2D eigenvalue weighted by Crippen LogP contribution is 1.69. The van der Waals surface area contributed by atoms with Gasteiger partial charge in [-0.3, -0.25) is 4.79 Å². The van der Waals surface area contributed by atoms with Gasteiger partial charge in [0.1, 0.15) is 10.5 Å². The summed E-state index contributed by atoms with van der Waals surface area (Å²) in [6, 6.07) is 0. The third-order valence-corrected chi connectivity index (χ3v) is 1.21. The van der Waals surface area contributed by atoms with Crippen molar-refractivity contribution in [3.8, 4) is 0 Å². The van der Waals surface area contributed by atoms with Crippen LogP contribution >= 0.6 is 0 Å². The Morgan fingerprint density at radius 2 is 1.80 bits per heavy atom. The maximum absolute atomic E-state index is 9.82. The summed E-state index contributed by atoms with van der Waals surface area (Å²) in [4.78, 5) is 9.82. The molecule has 0 heterocycles. The molecule has 0 aromatic heterocycles. The number of carbonyl (C=O) groups excluding carboxylic acids is 1. The monoisotopic (exact) mass is 164 g/mol. The minimum atomic E-state index is -0.211. The average molecular weight is 164 g/mol. The lowest BCUT2D eigenvalue weighted by Crippen LogP contribution is -1.95. The van der Waals surface area contributed by atoms with E-state index in [4.69, 9.17) is 0 Å². The fourth-order valence-corrected chi connectivity index (χ4v) is 0.203. The standard InChI is InChI=1S/C4H8O2.C2H8OSi/c1-3-6-4(2)5;1-2-3-4/h3H2,1-2H3;2H2,1,4H3. The van der Waals surface area contributed by atoms with E-state index in [1.54, 1.807) is 6.92 Å². The SMILES string of the molecule is CCOC(C)=O.CCO[SiH3]. The third-order valence-electron chi connectivity index (χ3n) is 0.636. The first-order valence-electron chi connectivity index (χ1n) is 3.31. The molecule has 0 radical (unpaired) electrons. The summed E-state index contributed by atoms with van der Waals surface area (Å²) in [5.41, 5.74) is 0. The van der Waals surface area contributed by atoms with Crippen LogP contribution in [0.2, 0.25) is 0 Å². The van der Waals surface area contributed by atoms with Gasteiger partial charge in [0.2, 0.25) is 0 Å². The van der Waals surface area contributed by atoms with Gasteiger partial charge in [0.05, 0.1) is 6.61 Å². The first-order valence-corrected chi connectivity index (χ1v) is 4.12. The average Bonchev–Trinajstić information content (AvgIpc) is 1.89. The van der Waals surface area contributed by atoms with Gasteiger partial charge in [-0.25, -0.2) is 0 Å². The molecule has 0 aromatic rings. The molecule has 62 valence electrons.